The fraction of sp³-hybridized carbons (Fsp3) is 0.636. The van der Waals surface area contributed by atoms with Crippen LogP contribution in [0.5, 0.6) is 0 Å². The molecule has 1 atom stereocenters. The van der Waals surface area contributed by atoms with Crippen LogP contribution in [-0.4, -0.2) is 30.0 Å². The molecule has 1 aliphatic rings. The van der Waals surface area contributed by atoms with Crippen LogP contribution in [0.15, 0.2) is 5.38 Å². The lowest BCUT2D eigenvalue weighted by Crippen LogP contribution is -2.41. The number of carbonyl (C=O) groups is 1. The molecule has 1 aromatic rings. The number of aromatic nitrogens is 1. The molecule has 0 saturated carbocycles. The Labute approximate surface area is 99.5 Å². The van der Waals surface area contributed by atoms with Crippen LogP contribution < -0.4 is 10.6 Å². The summed E-state index contributed by atoms with van der Waals surface area (Å²) in [6.45, 7) is 3.63. The zero-order valence-corrected chi connectivity index (χ0v) is 10.3. The van der Waals surface area contributed by atoms with Gasteiger partial charge in [0, 0.05) is 24.0 Å². The minimum Gasteiger partial charge on any atom is -0.354 e. The van der Waals surface area contributed by atoms with E-state index < -0.39 is 0 Å². The predicted molar refractivity (Wildman–Crippen MR) is 64.6 cm³/mol. The summed E-state index contributed by atoms with van der Waals surface area (Å²) in [7, 11) is 0. The lowest BCUT2D eigenvalue weighted by molar-refractivity contribution is -0.122. The first-order valence-corrected chi connectivity index (χ1v) is 6.56. The van der Waals surface area contributed by atoms with Crippen LogP contribution in [0.4, 0.5) is 0 Å². The summed E-state index contributed by atoms with van der Waals surface area (Å²) in [5.41, 5.74) is 1.06. The third-order valence-corrected chi connectivity index (χ3v) is 3.71. The quantitative estimate of drug-likeness (QED) is 0.819. The highest BCUT2D eigenvalue weighted by Crippen LogP contribution is 2.09. The molecule has 2 rings (SSSR count). The Bertz CT molecular complexity index is 358. The molecular weight excluding hydrogens is 222 g/mol. The number of thiazole rings is 1. The van der Waals surface area contributed by atoms with Crippen LogP contribution in [-0.2, 0) is 11.2 Å². The maximum absolute atomic E-state index is 11.7. The fourth-order valence-electron chi connectivity index (χ4n) is 1.84. The lowest BCUT2D eigenvalue weighted by atomic mass is 10.2. The Morgan fingerprint density at radius 1 is 1.75 bits per heavy atom. The summed E-state index contributed by atoms with van der Waals surface area (Å²) in [4.78, 5) is 16.0. The molecule has 1 amide bonds. The summed E-state index contributed by atoms with van der Waals surface area (Å²) in [5, 5.41) is 9.26. The first-order valence-electron chi connectivity index (χ1n) is 5.68. The second-order valence-electron chi connectivity index (χ2n) is 4.07. The van der Waals surface area contributed by atoms with E-state index in [-0.39, 0.29) is 11.9 Å². The van der Waals surface area contributed by atoms with E-state index in [2.05, 4.69) is 15.6 Å². The van der Waals surface area contributed by atoms with E-state index in [1.54, 1.807) is 11.3 Å². The average molecular weight is 239 g/mol. The van der Waals surface area contributed by atoms with Crippen molar-refractivity contribution in [2.75, 3.05) is 13.1 Å². The van der Waals surface area contributed by atoms with Crippen LogP contribution in [0.2, 0.25) is 0 Å². The van der Waals surface area contributed by atoms with Gasteiger partial charge in [-0.15, -0.1) is 11.3 Å². The van der Waals surface area contributed by atoms with Gasteiger partial charge in [-0.2, -0.15) is 0 Å². The molecule has 0 aromatic carbocycles. The summed E-state index contributed by atoms with van der Waals surface area (Å²) in [6.07, 6.45) is 2.89. The fourth-order valence-corrected chi connectivity index (χ4v) is 2.62. The van der Waals surface area contributed by atoms with Crippen molar-refractivity contribution in [2.24, 2.45) is 0 Å². The van der Waals surface area contributed by atoms with Gasteiger partial charge in [0.05, 0.1) is 11.0 Å². The highest BCUT2D eigenvalue weighted by Gasteiger charge is 2.21. The van der Waals surface area contributed by atoms with E-state index in [0.717, 1.165) is 36.5 Å². The largest absolute Gasteiger partial charge is 0.354 e. The van der Waals surface area contributed by atoms with Crippen molar-refractivity contribution in [1.82, 2.24) is 15.6 Å². The Hall–Kier alpha value is -0.940. The van der Waals surface area contributed by atoms with Crippen LogP contribution in [0.1, 0.15) is 23.5 Å². The van der Waals surface area contributed by atoms with Crippen molar-refractivity contribution in [2.45, 2.75) is 32.2 Å². The van der Waals surface area contributed by atoms with Crippen molar-refractivity contribution >= 4 is 17.2 Å². The Kier molecular flexibility index (Phi) is 3.90. The molecule has 0 aliphatic carbocycles. The molecule has 4 nitrogen and oxygen atoms in total. The minimum atomic E-state index is 0.0260. The average Bonchev–Trinajstić information content (AvgIpc) is 2.89. The van der Waals surface area contributed by atoms with E-state index in [4.69, 9.17) is 0 Å². The normalized spacial score (nSPS) is 19.9. The molecule has 0 radical (unpaired) electrons. The first-order chi connectivity index (χ1) is 7.75. The summed E-state index contributed by atoms with van der Waals surface area (Å²) in [6, 6.07) is 0.0260. The number of nitrogens with zero attached hydrogens (tertiary/aromatic N) is 1. The number of carbonyl (C=O) groups excluding carboxylic acids is 1. The number of aryl methyl sites for hydroxylation is 1. The van der Waals surface area contributed by atoms with Crippen LogP contribution in [0.25, 0.3) is 0 Å². The van der Waals surface area contributed by atoms with Crippen molar-refractivity contribution in [1.29, 1.82) is 0 Å². The van der Waals surface area contributed by atoms with E-state index in [9.17, 15) is 4.79 Å². The van der Waals surface area contributed by atoms with Crippen molar-refractivity contribution in [3.05, 3.63) is 16.1 Å². The third-order valence-electron chi connectivity index (χ3n) is 2.68. The minimum absolute atomic E-state index is 0.0260. The Morgan fingerprint density at radius 2 is 2.62 bits per heavy atom. The number of nitrogens with one attached hydrogen (secondary N) is 2. The number of hydrogen-bond donors (Lipinski definition) is 2. The van der Waals surface area contributed by atoms with E-state index in [1.807, 2.05) is 12.3 Å². The van der Waals surface area contributed by atoms with Gasteiger partial charge in [-0.1, -0.05) is 0 Å². The zero-order chi connectivity index (χ0) is 11.4. The van der Waals surface area contributed by atoms with Gasteiger partial charge < -0.3 is 10.6 Å². The Balaban J connectivity index is 1.69. The van der Waals surface area contributed by atoms with Gasteiger partial charge in [-0.3, -0.25) is 4.79 Å². The van der Waals surface area contributed by atoms with Crippen LogP contribution in [0.3, 0.4) is 0 Å². The summed E-state index contributed by atoms with van der Waals surface area (Å²) >= 11 is 1.66. The van der Waals surface area contributed by atoms with Crippen molar-refractivity contribution in [3.63, 3.8) is 0 Å². The SMILES string of the molecule is Cc1csc(CCNC(=O)C2CCCN2)n1. The maximum atomic E-state index is 11.7. The highest BCUT2D eigenvalue weighted by atomic mass is 32.1. The monoisotopic (exact) mass is 239 g/mol. The van der Waals surface area contributed by atoms with Crippen molar-refractivity contribution < 1.29 is 4.79 Å². The number of rotatable bonds is 4. The topological polar surface area (TPSA) is 54.0 Å². The molecule has 0 spiro atoms. The molecule has 16 heavy (non-hydrogen) atoms. The number of hydrogen-bond acceptors (Lipinski definition) is 4. The maximum Gasteiger partial charge on any atom is 0.237 e. The molecular formula is C11H17N3OS. The van der Waals surface area contributed by atoms with Gasteiger partial charge in [-0.05, 0) is 26.3 Å². The summed E-state index contributed by atoms with van der Waals surface area (Å²) in [5.74, 6) is 0.130. The number of amides is 1. The molecule has 1 aliphatic heterocycles. The van der Waals surface area contributed by atoms with Gasteiger partial charge in [0.2, 0.25) is 5.91 Å². The highest BCUT2D eigenvalue weighted by molar-refractivity contribution is 7.09. The second-order valence-corrected chi connectivity index (χ2v) is 5.02. The second kappa shape index (κ2) is 5.41. The van der Waals surface area contributed by atoms with E-state index in [1.165, 1.54) is 0 Å². The molecule has 2 heterocycles. The first kappa shape index (κ1) is 11.5. The standard InChI is InChI=1S/C11H17N3OS/c1-8-7-16-10(14-8)4-6-13-11(15)9-3-2-5-12-9/h7,9,12H,2-6H2,1H3,(H,13,15). The molecule has 1 saturated heterocycles. The van der Waals surface area contributed by atoms with Gasteiger partial charge in [0.1, 0.15) is 0 Å². The van der Waals surface area contributed by atoms with Crippen molar-refractivity contribution in [3.8, 4) is 0 Å². The van der Waals surface area contributed by atoms with E-state index >= 15 is 0 Å². The van der Waals surface area contributed by atoms with E-state index in [0.29, 0.717) is 6.54 Å². The van der Waals surface area contributed by atoms with Gasteiger partial charge >= 0.3 is 0 Å². The van der Waals surface area contributed by atoms with Crippen LogP contribution in [0, 0.1) is 6.92 Å². The molecule has 1 unspecified atom stereocenters. The lowest BCUT2D eigenvalue weighted by Gasteiger charge is -2.09. The smallest absolute Gasteiger partial charge is 0.237 e. The molecule has 1 fully saturated rings. The molecule has 1 aromatic heterocycles. The van der Waals surface area contributed by atoms with Gasteiger partial charge in [0.25, 0.3) is 0 Å². The van der Waals surface area contributed by atoms with Crippen LogP contribution >= 0.6 is 11.3 Å². The molecule has 2 N–H and O–H groups in total. The zero-order valence-electron chi connectivity index (χ0n) is 9.45. The Morgan fingerprint density at radius 3 is 3.25 bits per heavy atom. The predicted octanol–water partition coefficient (Wildman–Crippen LogP) is 0.862. The van der Waals surface area contributed by atoms with Gasteiger partial charge in [0.15, 0.2) is 0 Å². The summed E-state index contributed by atoms with van der Waals surface area (Å²) < 4.78 is 0. The molecule has 5 heteroatoms. The van der Waals surface area contributed by atoms with Gasteiger partial charge in [-0.25, -0.2) is 4.98 Å². The molecule has 88 valence electrons. The molecule has 0 bridgehead atoms. The third kappa shape index (κ3) is 3.02.